The molecule has 0 N–H and O–H groups in total. The number of nitrogens with zero attached hydrogens (tertiary/aromatic N) is 2. The minimum Gasteiger partial charge on any atom is -0.487 e. The molecule has 3 nitrogen and oxygen atoms in total. The van der Waals surface area contributed by atoms with Gasteiger partial charge in [-0.2, -0.15) is 5.10 Å². The van der Waals surface area contributed by atoms with Gasteiger partial charge in [0.2, 0.25) is 0 Å². The smallest absolute Gasteiger partial charge is 0.130 e. The average molecular weight is 358 g/mol. The summed E-state index contributed by atoms with van der Waals surface area (Å²) in [5.74, 6) is 0.816. The van der Waals surface area contributed by atoms with E-state index in [-0.39, 0.29) is 0 Å². The van der Waals surface area contributed by atoms with Crippen molar-refractivity contribution in [3.8, 4) is 5.75 Å². The highest BCUT2D eigenvalue weighted by molar-refractivity contribution is 9.08. The molecule has 0 saturated heterocycles. The molecular weight excluding hydrogens is 340 g/mol. The molecule has 5 heteroatoms. The number of rotatable bonds is 6. The first-order valence-electron chi connectivity index (χ1n) is 6.71. The highest BCUT2D eigenvalue weighted by Crippen LogP contribution is 2.29. The van der Waals surface area contributed by atoms with Gasteiger partial charge in [-0.15, -0.1) is 0 Å². The van der Waals surface area contributed by atoms with Gasteiger partial charge in [0.25, 0.3) is 0 Å². The van der Waals surface area contributed by atoms with Crippen LogP contribution in [0.15, 0.2) is 24.3 Å². The second kappa shape index (κ2) is 7.14. The molecule has 0 aliphatic heterocycles. The van der Waals surface area contributed by atoms with Crippen LogP contribution in [0.25, 0.3) is 0 Å². The van der Waals surface area contributed by atoms with E-state index in [1.165, 1.54) is 0 Å². The summed E-state index contributed by atoms with van der Waals surface area (Å²) < 4.78 is 7.90. The van der Waals surface area contributed by atoms with Gasteiger partial charge in [-0.25, -0.2) is 0 Å². The topological polar surface area (TPSA) is 27.1 Å². The Kier molecular flexibility index (Phi) is 5.49. The molecule has 0 bridgehead atoms. The molecule has 0 radical (unpaired) electrons. The number of ether oxygens (including phenoxy) is 1. The van der Waals surface area contributed by atoms with Crippen molar-refractivity contribution in [2.24, 2.45) is 0 Å². The molecule has 0 amide bonds. The van der Waals surface area contributed by atoms with Crippen molar-refractivity contribution >= 4 is 27.5 Å². The van der Waals surface area contributed by atoms with Crippen molar-refractivity contribution in [3.63, 3.8) is 0 Å². The lowest BCUT2D eigenvalue weighted by atomic mass is 10.2. The molecule has 1 heterocycles. The fourth-order valence-electron chi connectivity index (χ4n) is 2.03. The van der Waals surface area contributed by atoms with Crippen LogP contribution in [0.3, 0.4) is 0 Å². The summed E-state index contributed by atoms with van der Waals surface area (Å²) in [6, 6.07) is 7.81. The molecule has 2 aromatic rings. The SMILES string of the molecule is CCc1cc(COc2cccc(Cl)c2CBr)n(CC)n1. The standard InChI is InChI=1S/C15H18BrClN2O/c1-3-11-8-12(19(4-2)18-11)10-20-15-7-5-6-14(17)13(15)9-16/h5-8H,3-4,9-10H2,1-2H3. The van der Waals surface area contributed by atoms with Crippen molar-refractivity contribution in [2.45, 2.75) is 38.8 Å². The fourth-order valence-corrected chi connectivity index (χ4v) is 3.01. The maximum absolute atomic E-state index is 6.17. The van der Waals surface area contributed by atoms with Crippen LogP contribution in [-0.4, -0.2) is 9.78 Å². The van der Waals surface area contributed by atoms with Crippen molar-refractivity contribution in [1.82, 2.24) is 9.78 Å². The van der Waals surface area contributed by atoms with Gasteiger partial charge < -0.3 is 4.74 Å². The molecule has 0 aliphatic rings. The van der Waals surface area contributed by atoms with Gasteiger partial charge in [-0.3, -0.25) is 4.68 Å². The van der Waals surface area contributed by atoms with Crippen LogP contribution in [0.4, 0.5) is 0 Å². The largest absolute Gasteiger partial charge is 0.487 e. The van der Waals surface area contributed by atoms with E-state index in [9.17, 15) is 0 Å². The second-order valence-corrected chi connectivity index (χ2v) is 5.40. The molecule has 0 aliphatic carbocycles. The predicted octanol–water partition coefficient (Wildman–Crippen LogP) is 4.59. The lowest BCUT2D eigenvalue weighted by Gasteiger charge is -2.11. The van der Waals surface area contributed by atoms with E-state index < -0.39 is 0 Å². The van der Waals surface area contributed by atoms with E-state index in [1.807, 2.05) is 22.9 Å². The molecule has 0 saturated carbocycles. The van der Waals surface area contributed by atoms with Crippen molar-refractivity contribution in [3.05, 3.63) is 46.2 Å². The molecule has 20 heavy (non-hydrogen) atoms. The zero-order chi connectivity index (χ0) is 14.5. The third kappa shape index (κ3) is 3.36. The number of hydrogen-bond donors (Lipinski definition) is 0. The maximum Gasteiger partial charge on any atom is 0.130 e. The van der Waals surface area contributed by atoms with E-state index >= 15 is 0 Å². The Morgan fingerprint density at radius 2 is 2.15 bits per heavy atom. The van der Waals surface area contributed by atoms with Gasteiger partial charge >= 0.3 is 0 Å². The number of aryl methyl sites for hydroxylation is 2. The number of alkyl halides is 1. The van der Waals surface area contributed by atoms with Gasteiger partial charge in [0.05, 0.1) is 11.4 Å². The quantitative estimate of drug-likeness (QED) is 0.707. The summed E-state index contributed by atoms with van der Waals surface area (Å²) in [6.07, 6.45) is 0.934. The van der Waals surface area contributed by atoms with Crippen molar-refractivity contribution < 1.29 is 4.74 Å². The number of benzene rings is 1. The fraction of sp³-hybridized carbons (Fsp3) is 0.400. The Balaban J connectivity index is 2.16. The molecule has 1 aromatic heterocycles. The van der Waals surface area contributed by atoms with Gasteiger partial charge in [0.15, 0.2) is 0 Å². The molecule has 0 unspecified atom stereocenters. The van der Waals surface area contributed by atoms with Crippen LogP contribution in [-0.2, 0) is 24.9 Å². The zero-order valence-corrected chi connectivity index (χ0v) is 14.0. The summed E-state index contributed by atoms with van der Waals surface area (Å²) in [4.78, 5) is 0. The summed E-state index contributed by atoms with van der Waals surface area (Å²) in [6.45, 7) is 5.53. The first-order valence-corrected chi connectivity index (χ1v) is 8.21. The highest BCUT2D eigenvalue weighted by atomic mass is 79.9. The Hall–Kier alpha value is -1.00. The van der Waals surface area contributed by atoms with Crippen LogP contribution in [0.2, 0.25) is 5.02 Å². The molecule has 0 spiro atoms. The molecular formula is C15H18BrClN2O. The summed E-state index contributed by atoms with van der Waals surface area (Å²) >= 11 is 9.62. The summed E-state index contributed by atoms with van der Waals surface area (Å²) in [5.41, 5.74) is 3.16. The monoisotopic (exact) mass is 356 g/mol. The first-order chi connectivity index (χ1) is 9.69. The predicted molar refractivity (Wildman–Crippen MR) is 85.7 cm³/mol. The first kappa shape index (κ1) is 15.4. The highest BCUT2D eigenvalue weighted by Gasteiger charge is 2.10. The van der Waals surface area contributed by atoms with Crippen LogP contribution < -0.4 is 4.74 Å². The normalized spacial score (nSPS) is 10.8. The van der Waals surface area contributed by atoms with Gasteiger partial charge in [0, 0.05) is 22.5 Å². The van der Waals surface area contributed by atoms with E-state index in [0.717, 1.165) is 40.7 Å². The minimum atomic E-state index is 0.501. The van der Waals surface area contributed by atoms with Gasteiger partial charge in [0.1, 0.15) is 12.4 Å². The number of halogens is 2. The van der Waals surface area contributed by atoms with Crippen LogP contribution in [0, 0.1) is 0 Å². The Bertz CT molecular complexity index is 583. The summed E-state index contributed by atoms with van der Waals surface area (Å²) in [5, 5.41) is 5.92. The van der Waals surface area contributed by atoms with Crippen LogP contribution in [0.1, 0.15) is 30.8 Å². The number of hydrogen-bond acceptors (Lipinski definition) is 2. The second-order valence-electron chi connectivity index (χ2n) is 4.44. The Morgan fingerprint density at radius 1 is 1.35 bits per heavy atom. The summed E-state index contributed by atoms with van der Waals surface area (Å²) in [7, 11) is 0. The van der Waals surface area contributed by atoms with Crippen molar-refractivity contribution in [1.29, 1.82) is 0 Å². The lowest BCUT2D eigenvalue weighted by molar-refractivity contribution is 0.290. The average Bonchev–Trinajstić information content (AvgIpc) is 2.87. The lowest BCUT2D eigenvalue weighted by Crippen LogP contribution is -2.06. The molecule has 2 rings (SSSR count). The third-order valence-electron chi connectivity index (χ3n) is 3.16. The molecule has 0 atom stereocenters. The molecule has 108 valence electrons. The zero-order valence-electron chi connectivity index (χ0n) is 11.7. The van der Waals surface area contributed by atoms with Gasteiger partial charge in [-0.05, 0) is 31.5 Å². The van der Waals surface area contributed by atoms with Crippen LogP contribution >= 0.6 is 27.5 Å². The van der Waals surface area contributed by atoms with E-state index in [2.05, 4.69) is 40.9 Å². The third-order valence-corrected chi connectivity index (χ3v) is 4.08. The molecule has 0 fully saturated rings. The van der Waals surface area contributed by atoms with E-state index in [1.54, 1.807) is 0 Å². The van der Waals surface area contributed by atoms with E-state index in [4.69, 9.17) is 16.3 Å². The maximum atomic E-state index is 6.17. The van der Waals surface area contributed by atoms with Crippen LogP contribution in [0.5, 0.6) is 5.75 Å². The van der Waals surface area contributed by atoms with Gasteiger partial charge in [-0.1, -0.05) is 40.5 Å². The Morgan fingerprint density at radius 3 is 2.80 bits per heavy atom. The number of aromatic nitrogens is 2. The van der Waals surface area contributed by atoms with Crippen molar-refractivity contribution in [2.75, 3.05) is 0 Å². The Labute approximate surface area is 133 Å². The minimum absolute atomic E-state index is 0.501. The molecule has 1 aromatic carbocycles. The van der Waals surface area contributed by atoms with E-state index in [0.29, 0.717) is 11.9 Å².